The summed E-state index contributed by atoms with van der Waals surface area (Å²) in [5.41, 5.74) is 1.40. The fourth-order valence-corrected chi connectivity index (χ4v) is 1.95. The summed E-state index contributed by atoms with van der Waals surface area (Å²) < 4.78 is 10.8. The van der Waals surface area contributed by atoms with Crippen molar-refractivity contribution in [1.82, 2.24) is 4.98 Å². The molecule has 2 rings (SSSR count). The maximum Gasteiger partial charge on any atom is 0.300 e. The molecule has 16 heavy (non-hydrogen) atoms. The average Bonchev–Trinajstić information content (AvgIpc) is 2.18. The Bertz CT molecular complexity index is 549. The maximum atomic E-state index is 13.4. The molecule has 0 atom stereocenters. The first kappa shape index (κ1) is 11.9. The minimum absolute atomic E-state index is 0.0948. The lowest BCUT2D eigenvalue weighted by molar-refractivity contribution is 0.397. The minimum atomic E-state index is -2.53. The maximum absolute atomic E-state index is 13.4. The van der Waals surface area contributed by atoms with E-state index in [1.54, 1.807) is 0 Å². The van der Waals surface area contributed by atoms with Gasteiger partial charge < -0.3 is 0 Å². The fraction of sp³-hybridized carbons (Fsp3) is 0.182. The van der Waals surface area contributed by atoms with Crippen LogP contribution < -0.4 is 0 Å². The molecule has 1 aromatic heterocycles. The number of aryl methyl sites for hydroxylation is 1. The van der Waals surface area contributed by atoms with Crippen LogP contribution in [0.5, 0.6) is 0 Å². The lowest BCUT2D eigenvalue weighted by Crippen LogP contribution is -2.05. The number of fused-ring (bicyclic) bond motifs is 1. The number of rotatable bonds is 1. The molecular formula is C11H7Cl3FN. The molecule has 1 heterocycles. The molecular weight excluding hydrogens is 271 g/mol. The van der Waals surface area contributed by atoms with Gasteiger partial charge in [0.2, 0.25) is 0 Å². The second-order valence-corrected chi connectivity index (χ2v) is 5.10. The van der Waals surface area contributed by atoms with E-state index >= 15 is 0 Å². The summed E-state index contributed by atoms with van der Waals surface area (Å²) >= 11 is 16.7. The third-order valence-electron chi connectivity index (χ3n) is 2.28. The van der Waals surface area contributed by atoms with Crippen molar-refractivity contribution in [2.75, 3.05) is 0 Å². The Morgan fingerprint density at radius 3 is 2.62 bits per heavy atom. The van der Waals surface area contributed by atoms with Gasteiger partial charge in [-0.25, -0.2) is 9.37 Å². The van der Waals surface area contributed by atoms with Crippen LogP contribution in [0.2, 0.25) is 5.02 Å². The summed E-state index contributed by atoms with van der Waals surface area (Å²) in [6, 6.07) is 6.86. The van der Waals surface area contributed by atoms with E-state index in [2.05, 4.69) is 4.98 Å². The van der Waals surface area contributed by atoms with Gasteiger partial charge >= 0.3 is 0 Å². The van der Waals surface area contributed by atoms with Crippen molar-refractivity contribution < 1.29 is 4.39 Å². The predicted octanol–water partition coefficient (Wildman–Crippen LogP) is 4.75. The molecule has 1 nitrogen and oxygen atoms in total. The summed E-state index contributed by atoms with van der Waals surface area (Å²) in [5.74, 6) is 0. The topological polar surface area (TPSA) is 12.9 Å². The Hall–Kier alpha value is -0.570. The molecule has 0 saturated carbocycles. The number of hydrogen-bond donors (Lipinski definition) is 0. The highest BCUT2D eigenvalue weighted by molar-refractivity contribution is 6.46. The number of halogens is 4. The molecule has 0 bridgehead atoms. The van der Waals surface area contributed by atoms with Crippen molar-refractivity contribution in [3.05, 3.63) is 40.5 Å². The lowest BCUT2D eigenvalue weighted by Gasteiger charge is -2.11. The molecule has 0 aliphatic heterocycles. The molecule has 0 spiro atoms. The monoisotopic (exact) mass is 277 g/mol. The van der Waals surface area contributed by atoms with Gasteiger partial charge in [-0.1, -0.05) is 53.0 Å². The van der Waals surface area contributed by atoms with Crippen LogP contribution in [-0.2, 0) is 4.59 Å². The van der Waals surface area contributed by atoms with E-state index in [4.69, 9.17) is 34.8 Å². The van der Waals surface area contributed by atoms with E-state index < -0.39 is 4.59 Å². The Balaban J connectivity index is 2.81. The van der Waals surface area contributed by atoms with Gasteiger partial charge in [0.15, 0.2) is 0 Å². The standard InChI is InChI=1S/C11H7Cl3FN/c1-6-3-2-4-7-8(12)5-9(11(13,14)15)16-10(6)7/h2-5H,1H3. The zero-order chi connectivity index (χ0) is 11.9. The van der Waals surface area contributed by atoms with E-state index in [1.807, 2.05) is 25.1 Å². The number of benzene rings is 1. The van der Waals surface area contributed by atoms with Gasteiger partial charge in [-0.3, -0.25) is 0 Å². The van der Waals surface area contributed by atoms with Crippen LogP contribution in [0.25, 0.3) is 10.9 Å². The summed E-state index contributed by atoms with van der Waals surface area (Å²) in [4.78, 5) is 4.08. The first-order chi connectivity index (χ1) is 7.39. The first-order valence-electron chi connectivity index (χ1n) is 4.52. The number of alkyl halides is 3. The third-order valence-corrected chi connectivity index (χ3v) is 2.98. The van der Waals surface area contributed by atoms with Crippen LogP contribution in [0, 0.1) is 6.92 Å². The highest BCUT2D eigenvalue weighted by Crippen LogP contribution is 2.37. The predicted molar refractivity (Wildman–Crippen MR) is 66.0 cm³/mol. The molecule has 0 unspecified atom stereocenters. The molecule has 0 radical (unpaired) electrons. The van der Waals surface area contributed by atoms with Crippen molar-refractivity contribution in [3.8, 4) is 0 Å². The van der Waals surface area contributed by atoms with Crippen molar-refractivity contribution in [1.29, 1.82) is 0 Å². The largest absolute Gasteiger partial charge is 0.300 e. The number of pyridine rings is 1. The van der Waals surface area contributed by atoms with E-state index in [-0.39, 0.29) is 5.69 Å². The molecule has 0 amide bonds. The van der Waals surface area contributed by atoms with Crippen LogP contribution >= 0.6 is 34.8 Å². The first-order valence-corrected chi connectivity index (χ1v) is 5.66. The molecule has 84 valence electrons. The van der Waals surface area contributed by atoms with Crippen molar-refractivity contribution in [2.45, 2.75) is 11.5 Å². The zero-order valence-electron chi connectivity index (χ0n) is 8.27. The van der Waals surface area contributed by atoms with Crippen molar-refractivity contribution >= 4 is 45.7 Å². The van der Waals surface area contributed by atoms with Gasteiger partial charge in [0.1, 0.15) is 5.69 Å². The highest BCUT2D eigenvalue weighted by Gasteiger charge is 2.28. The Kier molecular flexibility index (Phi) is 2.99. The van der Waals surface area contributed by atoms with E-state index in [0.29, 0.717) is 10.5 Å². The summed E-state index contributed by atoms with van der Waals surface area (Å²) in [7, 11) is 0. The fourth-order valence-electron chi connectivity index (χ4n) is 1.50. The van der Waals surface area contributed by atoms with Crippen LogP contribution in [0.4, 0.5) is 4.39 Å². The number of hydrogen-bond acceptors (Lipinski definition) is 1. The van der Waals surface area contributed by atoms with Gasteiger partial charge in [-0.2, -0.15) is 0 Å². The van der Waals surface area contributed by atoms with Gasteiger partial charge in [0.25, 0.3) is 4.59 Å². The minimum Gasteiger partial charge on any atom is -0.246 e. The van der Waals surface area contributed by atoms with Gasteiger partial charge in [-0.05, 0) is 18.6 Å². The second-order valence-electron chi connectivity index (χ2n) is 3.46. The molecule has 5 heteroatoms. The highest BCUT2D eigenvalue weighted by atomic mass is 35.5. The quantitative estimate of drug-likeness (QED) is 0.686. The lowest BCUT2D eigenvalue weighted by atomic mass is 10.1. The molecule has 0 aliphatic rings. The van der Waals surface area contributed by atoms with E-state index in [0.717, 1.165) is 10.9 Å². The molecule has 2 aromatic rings. The van der Waals surface area contributed by atoms with Crippen LogP contribution in [-0.4, -0.2) is 4.98 Å². The van der Waals surface area contributed by atoms with Crippen LogP contribution in [0.15, 0.2) is 24.3 Å². The summed E-state index contributed by atoms with van der Waals surface area (Å²) in [6.45, 7) is 1.86. The van der Waals surface area contributed by atoms with E-state index in [1.165, 1.54) is 6.07 Å². The normalized spacial score (nSPS) is 12.1. The number of aromatic nitrogens is 1. The van der Waals surface area contributed by atoms with Crippen molar-refractivity contribution in [3.63, 3.8) is 0 Å². The second kappa shape index (κ2) is 4.02. The Morgan fingerprint density at radius 2 is 2.00 bits per heavy atom. The number of nitrogens with zero attached hydrogens (tertiary/aromatic N) is 1. The summed E-state index contributed by atoms with van der Waals surface area (Å²) in [6.07, 6.45) is 0. The van der Waals surface area contributed by atoms with Crippen LogP contribution in [0.1, 0.15) is 11.3 Å². The van der Waals surface area contributed by atoms with Gasteiger partial charge in [0.05, 0.1) is 10.5 Å². The molecule has 0 aliphatic carbocycles. The van der Waals surface area contributed by atoms with Crippen molar-refractivity contribution in [2.24, 2.45) is 0 Å². The molecule has 1 aromatic carbocycles. The third kappa shape index (κ3) is 2.10. The SMILES string of the molecule is Cc1cccc2c(Cl)cc(C(F)(Cl)Cl)nc12. The summed E-state index contributed by atoms with van der Waals surface area (Å²) in [5, 5.41) is 1.13. The zero-order valence-corrected chi connectivity index (χ0v) is 10.5. The Labute approximate surface area is 107 Å². The smallest absolute Gasteiger partial charge is 0.246 e. The molecule has 0 N–H and O–H groups in total. The number of para-hydroxylation sites is 1. The van der Waals surface area contributed by atoms with E-state index in [9.17, 15) is 4.39 Å². The Morgan fingerprint density at radius 1 is 1.31 bits per heavy atom. The van der Waals surface area contributed by atoms with Gasteiger partial charge in [-0.15, -0.1) is 0 Å². The van der Waals surface area contributed by atoms with Crippen LogP contribution in [0.3, 0.4) is 0 Å². The molecule has 0 saturated heterocycles. The van der Waals surface area contributed by atoms with Gasteiger partial charge in [0, 0.05) is 5.39 Å². The average molecular weight is 279 g/mol. The molecule has 0 fully saturated rings.